The Balaban J connectivity index is 2.09. The topological polar surface area (TPSA) is 38.3 Å². The quantitative estimate of drug-likeness (QED) is 0.556. The van der Waals surface area contributed by atoms with Gasteiger partial charge in [0.2, 0.25) is 0 Å². The molecule has 0 aromatic heterocycles. The Morgan fingerprint density at radius 3 is 3.00 bits per heavy atom. The van der Waals surface area contributed by atoms with Gasteiger partial charge >= 0.3 is 5.97 Å². The molecule has 3 nitrogen and oxygen atoms in total. The highest BCUT2D eigenvalue weighted by Gasteiger charge is 2.14. The largest absolute Gasteiger partial charge is 0.466 e. The summed E-state index contributed by atoms with van der Waals surface area (Å²) < 4.78 is 4.96. The zero-order valence-electron chi connectivity index (χ0n) is 10.4. The molecule has 0 saturated heterocycles. The number of allylic oxidation sites excluding steroid dienone is 2. The summed E-state index contributed by atoms with van der Waals surface area (Å²) in [6, 6.07) is 0. The van der Waals surface area contributed by atoms with E-state index in [1.807, 2.05) is 13.8 Å². The van der Waals surface area contributed by atoms with Gasteiger partial charge in [0.15, 0.2) is 0 Å². The lowest BCUT2D eigenvalue weighted by Gasteiger charge is -2.19. The van der Waals surface area contributed by atoms with Gasteiger partial charge in [0.25, 0.3) is 0 Å². The smallest absolute Gasteiger partial charge is 0.309 e. The molecule has 0 fully saturated rings. The molecule has 0 aliphatic heterocycles. The molecule has 2 atom stereocenters. The maximum absolute atomic E-state index is 11.4. The van der Waals surface area contributed by atoms with Crippen LogP contribution in [0.25, 0.3) is 0 Å². The van der Waals surface area contributed by atoms with E-state index in [0.717, 1.165) is 19.0 Å². The first-order valence-corrected chi connectivity index (χ1v) is 6.26. The molecule has 0 amide bonds. The number of rotatable bonds is 6. The Kier molecular flexibility index (Phi) is 6.16. The van der Waals surface area contributed by atoms with Gasteiger partial charge in [0.05, 0.1) is 12.5 Å². The van der Waals surface area contributed by atoms with Crippen molar-refractivity contribution < 1.29 is 9.53 Å². The zero-order valence-corrected chi connectivity index (χ0v) is 10.4. The summed E-state index contributed by atoms with van der Waals surface area (Å²) >= 11 is 0. The van der Waals surface area contributed by atoms with Crippen LogP contribution in [0.2, 0.25) is 0 Å². The number of carbonyl (C=O) groups excluding carboxylic acids is 1. The minimum absolute atomic E-state index is 0.0425. The first-order chi connectivity index (χ1) is 7.74. The van der Waals surface area contributed by atoms with E-state index in [2.05, 4.69) is 17.5 Å². The van der Waals surface area contributed by atoms with Crippen LogP contribution in [0, 0.1) is 11.8 Å². The van der Waals surface area contributed by atoms with E-state index in [9.17, 15) is 4.79 Å². The highest BCUT2D eigenvalue weighted by molar-refractivity contribution is 5.72. The Hall–Kier alpha value is -0.830. The van der Waals surface area contributed by atoms with Gasteiger partial charge in [-0.2, -0.15) is 0 Å². The number of nitrogens with one attached hydrogen (secondary N) is 1. The maximum Gasteiger partial charge on any atom is 0.309 e. The molecule has 2 unspecified atom stereocenters. The first kappa shape index (κ1) is 13.2. The van der Waals surface area contributed by atoms with Crippen molar-refractivity contribution >= 4 is 5.97 Å². The minimum Gasteiger partial charge on any atom is -0.466 e. The molecule has 1 aliphatic carbocycles. The van der Waals surface area contributed by atoms with Crippen molar-refractivity contribution in [3.8, 4) is 0 Å². The van der Waals surface area contributed by atoms with E-state index < -0.39 is 0 Å². The Bertz CT molecular complexity index is 238. The van der Waals surface area contributed by atoms with Crippen LogP contribution in [-0.4, -0.2) is 25.7 Å². The lowest BCUT2D eigenvalue weighted by atomic mass is 9.94. The second-order valence-electron chi connectivity index (χ2n) is 4.46. The molecule has 0 saturated carbocycles. The first-order valence-electron chi connectivity index (χ1n) is 6.26. The molecule has 0 radical (unpaired) electrons. The van der Waals surface area contributed by atoms with Crippen LogP contribution in [0.4, 0.5) is 0 Å². The second-order valence-corrected chi connectivity index (χ2v) is 4.46. The van der Waals surface area contributed by atoms with Gasteiger partial charge < -0.3 is 10.1 Å². The van der Waals surface area contributed by atoms with E-state index in [1.165, 1.54) is 19.3 Å². The third-order valence-corrected chi connectivity index (χ3v) is 2.95. The number of carbonyl (C=O) groups is 1. The highest BCUT2D eigenvalue weighted by atomic mass is 16.5. The normalized spacial score (nSPS) is 21.8. The zero-order chi connectivity index (χ0) is 11.8. The fraction of sp³-hybridized carbons (Fsp3) is 0.769. The van der Waals surface area contributed by atoms with Gasteiger partial charge in [-0.1, -0.05) is 19.1 Å². The van der Waals surface area contributed by atoms with E-state index in [0.29, 0.717) is 6.61 Å². The molecule has 0 spiro atoms. The monoisotopic (exact) mass is 225 g/mol. The predicted molar refractivity (Wildman–Crippen MR) is 65.1 cm³/mol. The predicted octanol–water partition coefficient (Wildman–Crippen LogP) is 2.13. The summed E-state index contributed by atoms with van der Waals surface area (Å²) in [4.78, 5) is 11.4. The van der Waals surface area contributed by atoms with Gasteiger partial charge in [0.1, 0.15) is 0 Å². The number of hydrogen-bond donors (Lipinski definition) is 1. The molecule has 0 aromatic carbocycles. The molecule has 0 heterocycles. The average molecular weight is 225 g/mol. The van der Waals surface area contributed by atoms with Gasteiger partial charge in [-0.3, -0.25) is 4.79 Å². The second kappa shape index (κ2) is 7.44. The van der Waals surface area contributed by atoms with Crippen molar-refractivity contribution in [2.45, 2.75) is 33.1 Å². The molecule has 16 heavy (non-hydrogen) atoms. The lowest BCUT2D eigenvalue weighted by Crippen LogP contribution is -2.31. The summed E-state index contributed by atoms with van der Waals surface area (Å²) in [5.41, 5.74) is 0. The standard InChI is InChI=1S/C13H23NO2/c1-3-16-13(15)11(2)9-14-10-12-7-5-4-6-8-12/h4-5,11-12,14H,3,6-10H2,1-2H3. The van der Waals surface area contributed by atoms with Crippen LogP contribution in [-0.2, 0) is 9.53 Å². The van der Waals surface area contributed by atoms with Crippen LogP contribution < -0.4 is 5.32 Å². The van der Waals surface area contributed by atoms with Crippen molar-refractivity contribution in [2.24, 2.45) is 11.8 Å². The van der Waals surface area contributed by atoms with E-state index >= 15 is 0 Å². The van der Waals surface area contributed by atoms with Crippen LogP contribution in [0.5, 0.6) is 0 Å². The molecular weight excluding hydrogens is 202 g/mol. The van der Waals surface area contributed by atoms with E-state index in [-0.39, 0.29) is 11.9 Å². The summed E-state index contributed by atoms with van der Waals surface area (Å²) in [6.07, 6.45) is 8.13. The molecule has 3 heteroatoms. The van der Waals surface area contributed by atoms with E-state index in [4.69, 9.17) is 4.74 Å². The lowest BCUT2D eigenvalue weighted by molar-refractivity contribution is -0.147. The Labute approximate surface area is 98.2 Å². The van der Waals surface area contributed by atoms with Crippen LogP contribution >= 0.6 is 0 Å². The number of hydrogen-bond acceptors (Lipinski definition) is 3. The molecule has 92 valence electrons. The van der Waals surface area contributed by atoms with Crippen LogP contribution in [0.3, 0.4) is 0 Å². The summed E-state index contributed by atoms with van der Waals surface area (Å²) in [5, 5.41) is 3.36. The van der Waals surface area contributed by atoms with E-state index in [1.54, 1.807) is 0 Å². The third kappa shape index (κ3) is 4.79. The molecule has 1 aliphatic rings. The fourth-order valence-electron chi connectivity index (χ4n) is 1.91. The summed E-state index contributed by atoms with van der Waals surface area (Å²) in [6.45, 7) is 5.95. The Morgan fingerprint density at radius 1 is 1.56 bits per heavy atom. The van der Waals surface area contributed by atoms with Crippen LogP contribution in [0.1, 0.15) is 33.1 Å². The van der Waals surface area contributed by atoms with Gasteiger partial charge in [-0.05, 0) is 38.6 Å². The van der Waals surface area contributed by atoms with Gasteiger partial charge in [-0.15, -0.1) is 0 Å². The highest BCUT2D eigenvalue weighted by Crippen LogP contribution is 2.16. The van der Waals surface area contributed by atoms with Crippen molar-refractivity contribution in [1.82, 2.24) is 5.32 Å². The SMILES string of the molecule is CCOC(=O)C(C)CNCC1CC=CCC1. The molecule has 0 aromatic rings. The van der Waals surface area contributed by atoms with Crippen molar-refractivity contribution in [1.29, 1.82) is 0 Å². The van der Waals surface area contributed by atoms with Crippen molar-refractivity contribution in [3.63, 3.8) is 0 Å². The van der Waals surface area contributed by atoms with Crippen molar-refractivity contribution in [2.75, 3.05) is 19.7 Å². The van der Waals surface area contributed by atoms with Crippen LogP contribution in [0.15, 0.2) is 12.2 Å². The third-order valence-electron chi connectivity index (χ3n) is 2.95. The van der Waals surface area contributed by atoms with Crippen molar-refractivity contribution in [3.05, 3.63) is 12.2 Å². The average Bonchev–Trinajstić information content (AvgIpc) is 2.30. The van der Waals surface area contributed by atoms with Gasteiger partial charge in [-0.25, -0.2) is 0 Å². The number of esters is 1. The Morgan fingerprint density at radius 2 is 2.38 bits per heavy atom. The van der Waals surface area contributed by atoms with Gasteiger partial charge in [0, 0.05) is 6.54 Å². The minimum atomic E-state index is -0.0986. The fourth-order valence-corrected chi connectivity index (χ4v) is 1.91. The summed E-state index contributed by atoms with van der Waals surface area (Å²) in [5.74, 6) is 0.594. The molecular formula is C13H23NO2. The molecule has 0 bridgehead atoms. The molecule has 1 rings (SSSR count). The summed E-state index contributed by atoms with van der Waals surface area (Å²) in [7, 11) is 0. The maximum atomic E-state index is 11.4. The number of ether oxygens (including phenoxy) is 1. The molecule has 1 N–H and O–H groups in total.